The van der Waals surface area contributed by atoms with Crippen molar-refractivity contribution >= 4 is 45.2 Å². The zero-order chi connectivity index (χ0) is 37.9. The number of hydrogen-bond donors (Lipinski definition) is 2. The SMILES string of the molecule is CCCCCCCCn1c(N)c(/C=C\CC(C)(C)C)c2ccc(/C(C)=C/C=C(\CCC)c3ccc(/C(C)=C/C=C(\C)C(C)(C)C)c(C)c3N)cc21. The van der Waals surface area contributed by atoms with E-state index >= 15 is 0 Å². The molecule has 3 nitrogen and oxygen atoms in total. The number of hydrogen-bond acceptors (Lipinski definition) is 2. The number of nitrogens with zero attached hydrogens (tertiary/aromatic N) is 1. The number of rotatable bonds is 16. The standard InChI is InChI=1S/C48H71N3/c1-13-15-16-17-18-19-32-51-44-33-39(27-28-42(44)43(46(51)50)22-20-31-47(7,8)9)34(3)24-26-38(21-14-2)41-30-29-40(37(6)45(41)49)35(4)23-25-36(5)48(10,11)12/h20,22-30,33H,13-19,21,31-32,49-50H2,1-12H3/b22-20-,34-24+,35-23+,36-25+,38-26+. The Kier molecular flexibility index (Phi) is 15.3. The summed E-state index contributed by atoms with van der Waals surface area (Å²) in [6.07, 6.45) is 24.2. The molecule has 278 valence electrons. The summed E-state index contributed by atoms with van der Waals surface area (Å²) < 4.78 is 2.36. The van der Waals surface area contributed by atoms with E-state index < -0.39 is 0 Å². The van der Waals surface area contributed by atoms with Gasteiger partial charge in [0, 0.05) is 28.7 Å². The third kappa shape index (κ3) is 11.6. The smallest absolute Gasteiger partial charge is 0.111 e. The summed E-state index contributed by atoms with van der Waals surface area (Å²) >= 11 is 0. The van der Waals surface area contributed by atoms with Crippen molar-refractivity contribution in [2.45, 2.75) is 147 Å². The van der Waals surface area contributed by atoms with Crippen molar-refractivity contribution < 1.29 is 0 Å². The van der Waals surface area contributed by atoms with Gasteiger partial charge in [0.2, 0.25) is 0 Å². The molecule has 0 saturated heterocycles. The number of aryl methyl sites for hydroxylation is 1. The van der Waals surface area contributed by atoms with Crippen LogP contribution in [-0.4, -0.2) is 4.57 Å². The Morgan fingerprint density at radius 3 is 2.04 bits per heavy atom. The van der Waals surface area contributed by atoms with E-state index in [0.717, 1.165) is 60.4 Å². The molecule has 0 aliphatic rings. The van der Waals surface area contributed by atoms with Gasteiger partial charge in [0.05, 0.1) is 5.52 Å². The van der Waals surface area contributed by atoms with Gasteiger partial charge in [-0.25, -0.2) is 0 Å². The molecule has 0 saturated carbocycles. The number of fused-ring (bicyclic) bond motifs is 1. The van der Waals surface area contributed by atoms with Gasteiger partial charge in [-0.1, -0.05) is 160 Å². The van der Waals surface area contributed by atoms with Gasteiger partial charge in [-0.3, -0.25) is 0 Å². The fourth-order valence-corrected chi connectivity index (χ4v) is 6.56. The maximum Gasteiger partial charge on any atom is 0.111 e. The van der Waals surface area contributed by atoms with Crippen LogP contribution in [0.3, 0.4) is 0 Å². The highest BCUT2D eigenvalue weighted by atomic mass is 15.0. The average Bonchev–Trinajstić information content (AvgIpc) is 3.32. The van der Waals surface area contributed by atoms with E-state index in [0.29, 0.717) is 0 Å². The molecule has 0 amide bonds. The lowest BCUT2D eigenvalue weighted by Crippen LogP contribution is -2.05. The normalized spacial score (nSPS) is 14.0. The quantitative estimate of drug-likeness (QED) is 0.0893. The Morgan fingerprint density at radius 1 is 0.745 bits per heavy atom. The van der Waals surface area contributed by atoms with Crippen molar-refractivity contribution in [3.05, 3.63) is 94.1 Å². The van der Waals surface area contributed by atoms with Gasteiger partial charge in [0.25, 0.3) is 0 Å². The van der Waals surface area contributed by atoms with Gasteiger partial charge in [-0.15, -0.1) is 0 Å². The molecule has 4 N–H and O–H groups in total. The van der Waals surface area contributed by atoms with Gasteiger partial charge in [-0.2, -0.15) is 0 Å². The maximum absolute atomic E-state index is 6.92. The molecule has 0 spiro atoms. The summed E-state index contributed by atoms with van der Waals surface area (Å²) in [7, 11) is 0. The molecule has 0 bridgehead atoms. The Balaban J connectivity index is 2.00. The van der Waals surface area contributed by atoms with Gasteiger partial charge >= 0.3 is 0 Å². The van der Waals surface area contributed by atoms with Crippen LogP contribution in [0.4, 0.5) is 11.5 Å². The third-order valence-corrected chi connectivity index (χ3v) is 10.5. The zero-order valence-electron chi connectivity index (χ0n) is 34.5. The molecular weight excluding hydrogens is 619 g/mol. The van der Waals surface area contributed by atoms with Crippen molar-refractivity contribution in [3.8, 4) is 0 Å². The lowest BCUT2D eigenvalue weighted by Gasteiger charge is -2.19. The number of nitrogens with two attached hydrogens (primary N) is 2. The van der Waals surface area contributed by atoms with Crippen LogP contribution in [0.5, 0.6) is 0 Å². The molecule has 1 aromatic heterocycles. The molecule has 0 aliphatic carbocycles. The minimum Gasteiger partial charge on any atom is -0.398 e. The fraction of sp³-hybridized carbons (Fsp3) is 0.500. The Labute approximate surface area is 312 Å². The minimum atomic E-state index is 0.156. The summed E-state index contributed by atoms with van der Waals surface area (Å²) in [5.74, 6) is 0.882. The molecule has 1 heterocycles. The molecule has 3 aromatic rings. The van der Waals surface area contributed by atoms with E-state index in [-0.39, 0.29) is 10.8 Å². The second-order valence-electron chi connectivity index (χ2n) is 17.1. The van der Waals surface area contributed by atoms with E-state index in [1.165, 1.54) is 76.4 Å². The highest BCUT2D eigenvalue weighted by Gasteiger charge is 2.16. The predicted molar refractivity (Wildman–Crippen MR) is 232 cm³/mol. The summed E-state index contributed by atoms with van der Waals surface area (Å²) in [5, 5.41) is 1.24. The molecule has 0 unspecified atom stereocenters. The lowest BCUT2D eigenvalue weighted by molar-refractivity contribution is 0.421. The number of benzene rings is 2. The first-order valence-corrected chi connectivity index (χ1v) is 19.7. The summed E-state index contributed by atoms with van der Waals surface area (Å²) in [6.45, 7) is 27.8. The van der Waals surface area contributed by atoms with E-state index in [4.69, 9.17) is 11.5 Å². The van der Waals surface area contributed by atoms with Gasteiger partial charge in [0.15, 0.2) is 0 Å². The Hall–Kier alpha value is -3.72. The molecule has 3 heteroatoms. The highest BCUT2D eigenvalue weighted by Crippen LogP contribution is 2.35. The summed E-state index contributed by atoms with van der Waals surface area (Å²) in [6, 6.07) is 11.4. The van der Waals surface area contributed by atoms with Gasteiger partial charge in [-0.05, 0) is 97.3 Å². The number of allylic oxidation sites excluding steroid dienone is 9. The first-order chi connectivity index (χ1) is 24.0. The molecule has 0 atom stereocenters. The predicted octanol–water partition coefficient (Wildman–Crippen LogP) is 14.6. The number of unbranched alkanes of at least 4 members (excludes halogenated alkanes) is 5. The monoisotopic (exact) mass is 690 g/mol. The van der Waals surface area contributed by atoms with Crippen LogP contribution in [0.15, 0.2) is 66.3 Å². The van der Waals surface area contributed by atoms with E-state index in [2.05, 4.69) is 154 Å². The maximum atomic E-state index is 6.92. The number of nitrogen functional groups attached to an aromatic ring is 2. The van der Waals surface area contributed by atoms with Crippen molar-refractivity contribution in [2.24, 2.45) is 10.8 Å². The lowest BCUT2D eigenvalue weighted by atomic mass is 9.87. The van der Waals surface area contributed by atoms with Crippen LogP contribution in [-0.2, 0) is 6.54 Å². The van der Waals surface area contributed by atoms with Gasteiger partial charge < -0.3 is 16.0 Å². The second kappa shape index (κ2) is 18.7. The largest absolute Gasteiger partial charge is 0.398 e. The minimum absolute atomic E-state index is 0.156. The fourth-order valence-electron chi connectivity index (χ4n) is 6.56. The molecule has 0 fully saturated rings. The van der Waals surface area contributed by atoms with Crippen LogP contribution in [0.25, 0.3) is 33.7 Å². The van der Waals surface area contributed by atoms with Crippen molar-refractivity contribution in [1.29, 1.82) is 0 Å². The summed E-state index contributed by atoms with van der Waals surface area (Å²) in [5.41, 5.74) is 27.3. The molecular formula is C48H71N3. The van der Waals surface area contributed by atoms with Gasteiger partial charge in [0.1, 0.15) is 5.82 Å². The third-order valence-electron chi connectivity index (χ3n) is 10.5. The topological polar surface area (TPSA) is 57.0 Å². The first kappa shape index (κ1) is 41.7. The van der Waals surface area contributed by atoms with Crippen molar-refractivity contribution in [2.75, 3.05) is 11.5 Å². The zero-order valence-corrected chi connectivity index (χ0v) is 34.5. The van der Waals surface area contributed by atoms with Crippen LogP contribution in [0.1, 0.15) is 162 Å². The van der Waals surface area contributed by atoms with Crippen LogP contribution in [0.2, 0.25) is 0 Å². The van der Waals surface area contributed by atoms with Crippen LogP contribution < -0.4 is 11.5 Å². The Bertz CT molecular complexity index is 1770. The van der Waals surface area contributed by atoms with E-state index in [1.807, 2.05) is 0 Å². The average molecular weight is 690 g/mol. The highest BCUT2D eigenvalue weighted by molar-refractivity contribution is 5.97. The van der Waals surface area contributed by atoms with Crippen LogP contribution >= 0.6 is 0 Å². The summed E-state index contributed by atoms with van der Waals surface area (Å²) in [4.78, 5) is 0. The van der Waals surface area contributed by atoms with E-state index in [9.17, 15) is 0 Å². The first-order valence-electron chi connectivity index (χ1n) is 19.7. The van der Waals surface area contributed by atoms with Crippen molar-refractivity contribution in [3.63, 3.8) is 0 Å². The van der Waals surface area contributed by atoms with Crippen molar-refractivity contribution in [1.82, 2.24) is 4.57 Å². The molecule has 0 radical (unpaired) electrons. The second-order valence-corrected chi connectivity index (χ2v) is 17.1. The number of aromatic nitrogens is 1. The van der Waals surface area contributed by atoms with E-state index in [1.54, 1.807) is 0 Å². The molecule has 3 rings (SSSR count). The molecule has 2 aromatic carbocycles. The molecule has 51 heavy (non-hydrogen) atoms. The molecule has 0 aliphatic heterocycles. The Morgan fingerprint density at radius 2 is 1.39 bits per heavy atom. The number of anilines is 2. The van der Waals surface area contributed by atoms with Crippen LogP contribution in [0, 0.1) is 17.8 Å².